The summed E-state index contributed by atoms with van der Waals surface area (Å²) < 4.78 is 2.20. The molecule has 0 radical (unpaired) electrons. The van der Waals surface area contributed by atoms with Crippen molar-refractivity contribution in [1.29, 1.82) is 0 Å². The van der Waals surface area contributed by atoms with E-state index in [-0.39, 0.29) is 6.61 Å². The summed E-state index contributed by atoms with van der Waals surface area (Å²) in [5, 5.41) is 21.8. The molecule has 0 spiro atoms. The molecule has 3 N–H and O–H groups in total. The Labute approximate surface area is 130 Å². The number of hydrogen-bond donors (Lipinski definition) is 3. The van der Waals surface area contributed by atoms with Crippen LogP contribution in [0.25, 0.3) is 21.8 Å². The fourth-order valence-electron chi connectivity index (χ4n) is 3.17. The molecule has 0 fully saturated rings. The summed E-state index contributed by atoms with van der Waals surface area (Å²) in [6.45, 7) is 2.00. The third kappa shape index (κ3) is 2.86. The van der Waals surface area contributed by atoms with Gasteiger partial charge in [-0.05, 0) is 12.1 Å². The van der Waals surface area contributed by atoms with Gasteiger partial charge in [-0.3, -0.25) is 0 Å². The van der Waals surface area contributed by atoms with Gasteiger partial charge in [-0.25, -0.2) is 0 Å². The van der Waals surface area contributed by atoms with E-state index in [0.717, 1.165) is 15.9 Å². The number of rotatable bonds is 6. The van der Waals surface area contributed by atoms with Crippen LogP contribution in [-0.4, -0.2) is 47.6 Å². The molecule has 1 aromatic heterocycles. The lowest BCUT2D eigenvalue weighted by atomic mass is 10.2. The molecule has 0 bridgehead atoms. The van der Waals surface area contributed by atoms with E-state index < -0.39 is 6.10 Å². The Morgan fingerprint density at radius 1 is 1.00 bits per heavy atom. The van der Waals surface area contributed by atoms with Crippen LogP contribution in [0.15, 0.2) is 48.5 Å². The Balaban J connectivity index is 1.95. The maximum atomic E-state index is 10.4. The largest absolute Gasteiger partial charge is 0.391 e. The van der Waals surface area contributed by atoms with Gasteiger partial charge in [0.2, 0.25) is 0 Å². The second-order valence-corrected chi connectivity index (χ2v) is 5.93. The second kappa shape index (κ2) is 6.48. The highest BCUT2D eigenvalue weighted by molar-refractivity contribution is 6.07. The van der Waals surface area contributed by atoms with E-state index >= 15 is 0 Å². The molecule has 22 heavy (non-hydrogen) atoms. The number of aliphatic hydroxyl groups is 2. The summed E-state index contributed by atoms with van der Waals surface area (Å²) in [7, 11) is 1.99. The average molecular weight is 299 g/mol. The second-order valence-electron chi connectivity index (χ2n) is 5.93. The van der Waals surface area contributed by atoms with Crippen molar-refractivity contribution in [3.05, 3.63) is 48.5 Å². The third-order valence-corrected chi connectivity index (χ3v) is 4.20. The molecule has 116 valence electrons. The van der Waals surface area contributed by atoms with Crippen LogP contribution < -0.4 is 4.90 Å². The van der Waals surface area contributed by atoms with Gasteiger partial charge in [0, 0.05) is 21.8 Å². The van der Waals surface area contributed by atoms with Gasteiger partial charge in [-0.2, -0.15) is 0 Å². The Morgan fingerprint density at radius 2 is 1.55 bits per heavy atom. The van der Waals surface area contributed by atoms with Crippen LogP contribution in [0.2, 0.25) is 0 Å². The number of nitrogens with zero attached hydrogens (tertiary/aromatic N) is 1. The molecule has 4 heteroatoms. The molecule has 0 amide bonds. The van der Waals surface area contributed by atoms with Crippen molar-refractivity contribution in [3.8, 4) is 0 Å². The SMILES string of the molecule is C[NH+](CCO)C[C@H](O)Cn1c2ccccc2c2ccccc21. The fraction of sp³-hybridized carbons (Fsp3) is 0.333. The predicted molar refractivity (Wildman–Crippen MR) is 89.2 cm³/mol. The number of benzene rings is 2. The van der Waals surface area contributed by atoms with E-state index in [4.69, 9.17) is 5.11 Å². The zero-order chi connectivity index (χ0) is 15.5. The van der Waals surface area contributed by atoms with Crippen molar-refractivity contribution < 1.29 is 15.1 Å². The van der Waals surface area contributed by atoms with Gasteiger partial charge >= 0.3 is 0 Å². The molecule has 2 aromatic carbocycles. The Hall–Kier alpha value is -1.88. The molecular formula is C18H23N2O2+. The molecule has 1 unspecified atom stereocenters. The van der Waals surface area contributed by atoms with Crippen LogP contribution in [0.1, 0.15) is 0 Å². The Morgan fingerprint density at radius 3 is 2.09 bits per heavy atom. The van der Waals surface area contributed by atoms with E-state index in [2.05, 4.69) is 41.0 Å². The van der Waals surface area contributed by atoms with Crippen molar-refractivity contribution in [2.45, 2.75) is 12.6 Å². The lowest BCUT2D eigenvalue weighted by Crippen LogP contribution is -3.10. The van der Waals surface area contributed by atoms with Crippen molar-refractivity contribution in [1.82, 2.24) is 4.57 Å². The first-order valence-corrected chi connectivity index (χ1v) is 7.77. The molecule has 2 atom stereocenters. The van der Waals surface area contributed by atoms with Crippen molar-refractivity contribution in [2.75, 3.05) is 26.7 Å². The van der Waals surface area contributed by atoms with E-state index in [0.29, 0.717) is 19.6 Å². The highest BCUT2D eigenvalue weighted by Crippen LogP contribution is 2.28. The molecule has 3 rings (SSSR count). The van der Waals surface area contributed by atoms with Gasteiger partial charge in [0.05, 0.1) is 20.2 Å². The quantitative estimate of drug-likeness (QED) is 0.626. The smallest absolute Gasteiger partial charge is 0.121 e. The molecule has 4 nitrogen and oxygen atoms in total. The molecule has 0 saturated heterocycles. The molecule has 3 aromatic rings. The van der Waals surface area contributed by atoms with Gasteiger partial charge in [-0.1, -0.05) is 36.4 Å². The van der Waals surface area contributed by atoms with Crippen LogP contribution in [0.3, 0.4) is 0 Å². The number of para-hydroxylation sites is 2. The zero-order valence-corrected chi connectivity index (χ0v) is 12.9. The summed E-state index contributed by atoms with van der Waals surface area (Å²) in [5.74, 6) is 0. The van der Waals surface area contributed by atoms with Gasteiger partial charge in [0.25, 0.3) is 0 Å². The van der Waals surface area contributed by atoms with E-state index in [1.165, 1.54) is 10.8 Å². The Kier molecular flexibility index (Phi) is 4.43. The summed E-state index contributed by atoms with van der Waals surface area (Å²) in [6.07, 6.45) is -0.439. The maximum absolute atomic E-state index is 10.4. The fourth-order valence-corrected chi connectivity index (χ4v) is 3.17. The first kappa shape index (κ1) is 15.0. The first-order valence-electron chi connectivity index (χ1n) is 7.77. The average Bonchev–Trinajstić information content (AvgIpc) is 2.82. The Bertz CT molecular complexity index is 713. The molecule has 0 saturated carbocycles. The number of fused-ring (bicyclic) bond motifs is 3. The van der Waals surface area contributed by atoms with E-state index in [1.807, 2.05) is 19.2 Å². The number of aromatic nitrogens is 1. The van der Waals surface area contributed by atoms with Gasteiger partial charge in [0.15, 0.2) is 0 Å². The highest BCUT2D eigenvalue weighted by atomic mass is 16.3. The van der Waals surface area contributed by atoms with E-state index in [1.54, 1.807) is 0 Å². The van der Waals surface area contributed by atoms with Gasteiger partial charge in [-0.15, -0.1) is 0 Å². The van der Waals surface area contributed by atoms with Crippen LogP contribution in [0.5, 0.6) is 0 Å². The lowest BCUT2D eigenvalue weighted by Gasteiger charge is -2.18. The topological polar surface area (TPSA) is 49.8 Å². The maximum Gasteiger partial charge on any atom is 0.121 e. The summed E-state index contributed by atoms with van der Waals surface area (Å²) in [4.78, 5) is 1.13. The van der Waals surface area contributed by atoms with Crippen molar-refractivity contribution in [3.63, 3.8) is 0 Å². The van der Waals surface area contributed by atoms with Crippen molar-refractivity contribution in [2.24, 2.45) is 0 Å². The summed E-state index contributed by atoms with van der Waals surface area (Å²) in [6, 6.07) is 16.6. The summed E-state index contributed by atoms with van der Waals surface area (Å²) in [5.41, 5.74) is 2.31. The molecule has 0 aliphatic rings. The number of hydrogen-bond acceptors (Lipinski definition) is 2. The van der Waals surface area contributed by atoms with Crippen molar-refractivity contribution >= 4 is 21.8 Å². The number of nitrogens with one attached hydrogen (secondary N) is 1. The van der Waals surface area contributed by atoms with Crippen LogP contribution in [0.4, 0.5) is 0 Å². The molecular weight excluding hydrogens is 276 g/mol. The highest BCUT2D eigenvalue weighted by Gasteiger charge is 2.16. The minimum atomic E-state index is -0.439. The van der Waals surface area contributed by atoms with Gasteiger partial charge < -0.3 is 19.7 Å². The monoisotopic (exact) mass is 299 g/mol. The number of likely N-dealkylation sites (N-methyl/N-ethyl adjacent to an activating group) is 1. The minimum Gasteiger partial charge on any atom is -0.391 e. The first-order chi connectivity index (χ1) is 10.7. The predicted octanol–water partition coefficient (Wildman–Crippen LogP) is 0.662. The number of quaternary nitrogens is 1. The normalized spacial score (nSPS) is 14.5. The van der Waals surface area contributed by atoms with Crippen LogP contribution in [0, 0.1) is 0 Å². The standard InChI is InChI=1S/C18H22N2O2/c1-19(10-11-21)12-14(22)13-20-17-8-4-2-6-15(17)16-7-3-5-9-18(16)20/h2-9,14,21-22H,10-13H2,1H3/p+1/t14-/m0/s1. The summed E-state index contributed by atoms with van der Waals surface area (Å²) >= 11 is 0. The lowest BCUT2D eigenvalue weighted by molar-refractivity contribution is -0.883. The zero-order valence-electron chi connectivity index (χ0n) is 12.9. The molecule has 1 heterocycles. The van der Waals surface area contributed by atoms with Crippen LogP contribution in [-0.2, 0) is 6.54 Å². The molecule has 0 aliphatic heterocycles. The van der Waals surface area contributed by atoms with Gasteiger partial charge in [0.1, 0.15) is 19.2 Å². The molecule has 0 aliphatic carbocycles. The number of aliphatic hydroxyl groups excluding tert-OH is 2. The van der Waals surface area contributed by atoms with Crippen LogP contribution >= 0.6 is 0 Å². The minimum absolute atomic E-state index is 0.147. The van der Waals surface area contributed by atoms with E-state index in [9.17, 15) is 5.11 Å². The third-order valence-electron chi connectivity index (χ3n) is 4.20.